The number of hydrogen-bond acceptors (Lipinski definition) is 6. The Kier molecular flexibility index (Phi) is 12.0. The van der Waals surface area contributed by atoms with Crippen molar-refractivity contribution in [1.29, 1.82) is 0 Å². The van der Waals surface area contributed by atoms with Crippen LogP contribution in [0.15, 0.2) is 72.8 Å². The summed E-state index contributed by atoms with van der Waals surface area (Å²) < 4.78 is 42.8. The summed E-state index contributed by atoms with van der Waals surface area (Å²) in [6.45, 7) is 3.77. The second kappa shape index (κ2) is 15.6. The molecular weight excluding hydrogens is 551 g/mol. The van der Waals surface area contributed by atoms with Crippen LogP contribution in [0.2, 0.25) is 0 Å². The van der Waals surface area contributed by atoms with Crippen molar-refractivity contribution in [3.8, 4) is 17.2 Å². The van der Waals surface area contributed by atoms with E-state index in [9.17, 15) is 23.1 Å². The number of nitrogens with zero attached hydrogens (tertiary/aromatic N) is 1. The number of aromatic hydroxyl groups is 1. The highest BCUT2D eigenvalue weighted by atomic mass is 19.4. The number of alkyl halides is 3. The number of carboxylic acids is 1. The van der Waals surface area contributed by atoms with Crippen molar-refractivity contribution in [2.75, 3.05) is 20.2 Å². The number of phenols is 1. The number of hydrogen-bond donors (Lipinski definition) is 2. The molecule has 1 aliphatic heterocycles. The third kappa shape index (κ3) is 10.6. The van der Waals surface area contributed by atoms with Gasteiger partial charge in [-0.3, -0.25) is 9.69 Å². The summed E-state index contributed by atoms with van der Waals surface area (Å²) in [6, 6.07) is 21.2. The predicted octanol–water partition coefficient (Wildman–Crippen LogP) is 6.42. The van der Waals surface area contributed by atoms with Crippen LogP contribution in [0.1, 0.15) is 41.5 Å². The van der Waals surface area contributed by atoms with Crippen molar-refractivity contribution in [1.82, 2.24) is 4.90 Å². The Hall–Kier alpha value is -4.31. The summed E-state index contributed by atoms with van der Waals surface area (Å²) in [5, 5.41) is 17.0. The molecule has 3 aromatic carbocycles. The summed E-state index contributed by atoms with van der Waals surface area (Å²) in [5.41, 5.74) is 3.98. The van der Waals surface area contributed by atoms with E-state index in [4.69, 9.17) is 19.4 Å². The van der Waals surface area contributed by atoms with Gasteiger partial charge in [0.05, 0.1) is 7.11 Å². The van der Waals surface area contributed by atoms with E-state index in [1.807, 2.05) is 36.4 Å². The van der Waals surface area contributed by atoms with E-state index in [2.05, 4.69) is 17.0 Å². The van der Waals surface area contributed by atoms with E-state index in [0.717, 1.165) is 29.0 Å². The van der Waals surface area contributed by atoms with Crippen LogP contribution >= 0.6 is 0 Å². The van der Waals surface area contributed by atoms with Gasteiger partial charge in [-0.25, -0.2) is 4.79 Å². The first-order valence-corrected chi connectivity index (χ1v) is 13.4. The van der Waals surface area contributed by atoms with Gasteiger partial charge in [-0.1, -0.05) is 55.0 Å². The number of likely N-dealkylation sites (tertiary alicyclic amines) is 1. The first-order chi connectivity index (χ1) is 20.0. The van der Waals surface area contributed by atoms with E-state index in [0.29, 0.717) is 12.4 Å². The van der Waals surface area contributed by atoms with Gasteiger partial charge >= 0.3 is 12.1 Å². The Morgan fingerprint density at radius 3 is 2.19 bits per heavy atom. The fourth-order valence-electron chi connectivity index (χ4n) is 4.35. The Morgan fingerprint density at radius 2 is 1.60 bits per heavy atom. The number of allylic oxidation sites excluding steroid dienone is 1. The number of halogens is 3. The summed E-state index contributed by atoms with van der Waals surface area (Å²) >= 11 is 0. The van der Waals surface area contributed by atoms with Crippen LogP contribution in [-0.2, 0) is 29.2 Å². The average Bonchev–Trinajstić information content (AvgIpc) is 2.97. The zero-order chi connectivity index (χ0) is 30.5. The maximum atomic E-state index is 12.6. The molecule has 0 atom stereocenters. The molecular formula is C32H34F3NO6. The Balaban J connectivity index is 0.000000616. The van der Waals surface area contributed by atoms with E-state index in [1.165, 1.54) is 45.0 Å². The minimum absolute atomic E-state index is 0.0187. The highest BCUT2D eigenvalue weighted by Gasteiger charge is 2.38. The number of carbonyl (C=O) groups is 2. The zero-order valence-corrected chi connectivity index (χ0v) is 23.3. The minimum Gasteiger partial charge on any atom is -0.504 e. The number of benzene rings is 3. The van der Waals surface area contributed by atoms with Crippen molar-refractivity contribution < 1.29 is 42.4 Å². The molecule has 0 unspecified atom stereocenters. The molecule has 0 bridgehead atoms. The number of methoxy groups -OCH3 is 1. The second-order valence-electron chi connectivity index (χ2n) is 9.75. The molecule has 2 N–H and O–H groups in total. The summed E-state index contributed by atoms with van der Waals surface area (Å²) in [5.74, 6) is -1.50. The molecule has 10 heteroatoms. The van der Waals surface area contributed by atoms with Crippen molar-refractivity contribution >= 4 is 17.8 Å². The number of ether oxygens (including phenoxy) is 2. The van der Waals surface area contributed by atoms with Crippen molar-refractivity contribution in [3.63, 3.8) is 0 Å². The first-order valence-electron chi connectivity index (χ1n) is 13.4. The van der Waals surface area contributed by atoms with Crippen molar-refractivity contribution in [2.24, 2.45) is 0 Å². The van der Waals surface area contributed by atoms with Crippen LogP contribution in [0.4, 0.5) is 13.2 Å². The van der Waals surface area contributed by atoms with Gasteiger partial charge in [0.25, 0.3) is 0 Å². The Bertz CT molecular complexity index is 1350. The van der Waals surface area contributed by atoms with Gasteiger partial charge < -0.3 is 19.7 Å². The van der Waals surface area contributed by atoms with E-state index in [1.54, 1.807) is 30.4 Å². The van der Waals surface area contributed by atoms with E-state index < -0.39 is 12.1 Å². The van der Waals surface area contributed by atoms with Crippen LogP contribution < -0.4 is 9.47 Å². The number of rotatable bonds is 10. The standard InChI is InChI=1S/C30H33NO4.C2HF3O2/c1-34-30-16-12-23(19-29(30)33)9-13-27(32)20-25-7-3-4-8-26(25)22-35-28-14-10-24(11-15-28)21-31-17-5-2-6-18-31;3-2(4,5)1(6)7/h3-4,7-16,19,33H,2,5-6,17-18,20-22H2,1H3;(H,6,7)/b13-9+;. The van der Waals surface area contributed by atoms with Crippen LogP contribution in [-0.4, -0.2) is 53.2 Å². The van der Waals surface area contributed by atoms with Crippen LogP contribution in [0.3, 0.4) is 0 Å². The quantitative estimate of drug-likeness (QED) is 0.265. The normalized spacial score (nSPS) is 13.7. The van der Waals surface area contributed by atoms with Gasteiger partial charge in [0.2, 0.25) is 0 Å². The molecule has 4 rings (SSSR count). The fourth-order valence-corrected chi connectivity index (χ4v) is 4.35. The maximum absolute atomic E-state index is 12.6. The molecule has 3 aromatic rings. The SMILES string of the molecule is COc1ccc(/C=C/C(=O)Cc2ccccc2COc2ccc(CN3CCCCC3)cc2)cc1O.O=C(O)C(F)(F)F. The van der Waals surface area contributed by atoms with Crippen molar-refractivity contribution in [2.45, 2.75) is 45.0 Å². The number of aliphatic carboxylic acids is 1. The van der Waals surface area contributed by atoms with Crippen LogP contribution in [0, 0.1) is 0 Å². The lowest BCUT2D eigenvalue weighted by molar-refractivity contribution is -0.192. The summed E-state index contributed by atoms with van der Waals surface area (Å²) in [7, 11) is 1.50. The largest absolute Gasteiger partial charge is 0.504 e. The molecule has 42 heavy (non-hydrogen) atoms. The lowest BCUT2D eigenvalue weighted by Gasteiger charge is -2.26. The maximum Gasteiger partial charge on any atom is 0.490 e. The van der Waals surface area contributed by atoms with Gasteiger partial charge in [-0.05, 0) is 78.5 Å². The highest BCUT2D eigenvalue weighted by molar-refractivity contribution is 5.95. The lowest BCUT2D eigenvalue weighted by atomic mass is 10.0. The fraction of sp³-hybridized carbons (Fsp3) is 0.312. The van der Waals surface area contributed by atoms with Gasteiger partial charge in [0, 0.05) is 13.0 Å². The molecule has 1 fully saturated rings. The van der Waals surface area contributed by atoms with E-state index >= 15 is 0 Å². The molecule has 0 aliphatic carbocycles. The average molecular weight is 586 g/mol. The second-order valence-corrected chi connectivity index (χ2v) is 9.75. The van der Waals surface area contributed by atoms with Gasteiger partial charge in [0.1, 0.15) is 12.4 Å². The van der Waals surface area contributed by atoms with Gasteiger partial charge in [-0.15, -0.1) is 0 Å². The molecule has 0 amide bonds. The molecule has 0 radical (unpaired) electrons. The Labute approximate surface area is 242 Å². The third-order valence-electron chi connectivity index (χ3n) is 6.56. The molecule has 1 saturated heterocycles. The third-order valence-corrected chi connectivity index (χ3v) is 6.56. The van der Waals surface area contributed by atoms with Gasteiger partial charge in [0.15, 0.2) is 17.3 Å². The molecule has 1 aliphatic rings. The number of piperidine rings is 1. The van der Waals surface area contributed by atoms with Crippen LogP contribution in [0.25, 0.3) is 6.08 Å². The molecule has 1 heterocycles. The number of phenolic OH excluding ortho intramolecular Hbond substituents is 1. The highest BCUT2D eigenvalue weighted by Crippen LogP contribution is 2.27. The molecule has 7 nitrogen and oxygen atoms in total. The monoisotopic (exact) mass is 585 g/mol. The molecule has 224 valence electrons. The first kappa shape index (κ1) is 32.2. The van der Waals surface area contributed by atoms with Gasteiger partial charge in [-0.2, -0.15) is 13.2 Å². The van der Waals surface area contributed by atoms with Crippen LogP contribution in [0.5, 0.6) is 17.2 Å². The summed E-state index contributed by atoms with van der Waals surface area (Å²) in [6.07, 6.45) is 2.38. The number of ketones is 1. The Morgan fingerprint density at radius 1 is 0.952 bits per heavy atom. The number of carbonyl (C=O) groups excluding carboxylic acids is 1. The van der Waals surface area contributed by atoms with E-state index in [-0.39, 0.29) is 18.0 Å². The smallest absolute Gasteiger partial charge is 0.490 e. The molecule has 0 spiro atoms. The topological polar surface area (TPSA) is 96.3 Å². The lowest BCUT2D eigenvalue weighted by Crippen LogP contribution is -2.28. The summed E-state index contributed by atoms with van der Waals surface area (Å²) in [4.78, 5) is 24.0. The zero-order valence-electron chi connectivity index (χ0n) is 23.3. The molecule has 0 aromatic heterocycles. The molecule has 0 saturated carbocycles. The predicted molar refractivity (Wildman–Crippen MR) is 152 cm³/mol. The minimum atomic E-state index is -5.08. The van der Waals surface area contributed by atoms with Crippen molar-refractivity contribution in [3.05, 3.63) is 95.1 Å². The number of carboxylic acid groups (broad SMARTS) is 1.